The van der Waals surface area contributed by atoms with E-state index in [-0.39, 0.29) is 17.6 Å². The third kappa shape index (κ3) is 4.38. The lowest BCUT2D eigenvalue weighted by Crippen LogP contribution is -2.40. The first-order valence-electron chi connectivity index (χ1n) is 9.37. The lowest BCUT2D eigenvalue weighted by atomic mass is 9.94. The molecule has 29 heavy (non-hydrogen) atoms. The SMILES string of the molecule is Cc1nnc(/N=C2/S/C(=C\c3cccc([N+](=O)[O-])c3)C(=O)N2C2CCCCC2)s1. The van der Waals surface area contributed by atoms with Crippen LogP contribution in [0.4, 0.5) is 10.8 Å². The number of hydrogen-bond acceptors (Lipinski definition) is 8. The largest absolute Gasteiger partial charge is 0.283 e. The number of carbonyl (C=O) groups excluding carboxylic acids is 1. The van der Waals surface area contributed by atoms with E-state index in [1.807, 2.05) is 6.92 Å². The number of nitro groups is 1. The second-order valence-electron chi connectivity index (χ2n) is 6.93. The van der Waals surface area contributed by atoms with Gasteiger partial charge in [-0.25, -0.2) is 0 Å². The number of nitro benzene ring substituents is 1. The number of rotatable bonds is 4. The van der Waals surface area contributed by atoms with Crippen LogP contribution >= 0.6 is 23.1 Å². The average molecular weight is 430 g/mol. The third-order valence-corrected chi connectivity index (χ3v) is 6.58. The molecular weight excluding hydrogens is 410 g/mol. The van der Waals surface area contributed by atoms with Gasteiger partial charge in [-0.2, -0.15) is 4.99 Å². The van der Waals surface area contributed by atoms with E-state index in [1.54, 1.807) is 23.1 Å². The lowest BCUT2D eigenvalue weighted by Gasteiger charge is -2.30. The maximum atomic E-state index is 13.2. The van der Waals surface area contributed by atoms with Gasteiger partial charge in [0.1, 0.15) is 5.01 Å². The molecule has 2 aromatic rings. The van der Waals surface area contributed by atoms with Gasteiger partial charge in [0.2, 0.25) is 5.13 Å². The molecule has 1 saturated heterocycles. The van der Waals surface area contributed by atoms with Crippen LogP contribution in [0.1, 0.15) is 42.7 Å². The predicted molar refractivity (Wildman–Crippen MR) is 114 cm³/mol. The maximum absolute atomic E-state index is 13.2. The van der Waals surface area contributed by atoms with Gasteiger partial charge in [0.25, 0.3) is 11.6 Å². The van der Waals surface area contributed by atoms with Gasteiger partial charge < -0.3 is 0 Å². The van der Waals surface area contributed by atoms with E-state index in [2.05, 4.69) is 15.2 Å². The maximum Gasteiger partial charge on any atom is 0.270 e. The van der Waals surface area contributed by atoms with Crippen LogP contribution in [-0.4, -0.2) is 37.1 Å². The highest BCUT2D eigenvalue weighted by Gasteiger charge is 2.39. The summed E-state index contributed by atoms with van der Waals surface area (Å²) < 4.78 is 0. The first kappa shape index (κ1) is 19.7. The Hall–Kier alpha value is -2.59. The highest BCUT2D eigenvalue weighted by atomic mass is 32.2. The molecule has 1 aliphatic heterocycles. The standard InChI is InChI=1S/C19H19N5O3S2/c1-12-21-22-18(28-12)20-19-23(14-7-3-2-4-8-14)17(25)16(29-19)11-13-6-5-9-15(10-13)24(26)27/h5-6,9-11,14H,2-4,7-8H2,1H3/b16-11-,20-19+. The summed E-state index contributed by atoms with van der Waals surface area (Å²) in [5.74, 6) is -0.103. The van der Waals surface area contributed by atoms with Crippen molar-refractivity contribution in [1.29, 1.82) is 0 Å². The van der Waals surface area contributed by atoms with Crippen molar-refractivity contribution in [2.75, 3.05) is 0 Å². The highest BCUT2D eigenvalue weighted by molar-refractivity contribution is 8.18. The highest BCUT2D eigenvalue weighted by Crippen LogP contribution is 2.39. The molecule has 0 unspecified atom stereocenters. The molecule has 150 valence electrons. The Kier molecular flexibility index (Phi) is 5.72. The van der Waals surface area contributed by atoms with Crippen molar-refractivity contribution in [3.8, 4) is 0 Å². The number of amidine groups is 1. The number of benzene rings is 1. The van der Waals surface area contributed by atoms with Crippen molar-refractivity contribution < 1.29 is 9.72 Å². The Morgan fingerprint density at radius 2 is 2.07 bits per heavy atom. The zero-order valence-corrected chi connectivity index (χ0v) is 17.4. The Morgan fingerprint density at radius 3 is 2.76 bits per heavy atom. The number of non-ortho nitro benzene ring substituents is 1. The zero-order valence-electron chi connectivity index (χ0n) is 15.8. The second kappa shape index (κ2) is 8.42. The van der Waals surface area contributed by atoms with Crippen LogP contribution in [0.3, 0.4) is 0 Å². The van der Waals surface area contributed by atoms with Gasteiger partial charge in [0.05, 0.1) is 9.83 Å². The predicted octanol–water partition coefficient (Wildman–Crippen LogP) is 4.69. The lowest BCUT2D eigenvalue weighted by molar-refractivity contribution is -0.384. The third-order valence-electron chi connectivity index (χ3n) is 4.86. The zero-order chi connectivity index (χ0) is 20.4. The van der Waals surface area contributed by atoms with E-state index in [1.165, 1.54) is 41.7 Å². The van der Waals surface area contributed by atoms with Gasteiger partial charge in [-0.3, -0.25) is 19.8 Å². The molecule has 1 amide bonds. The van der Waals surface area contributed by atoms with Crippen LogP contribution in [-0.2, 0) is 4.79 Å². The summed E-state index contributed by atoms with van der Waals surface area (Å²) in [7, 11) is 0. The molecule has 2 fully saturated rings. The van der Waals surface area contributed by atoms with E-state index < -0.39 is 4.92 Å². The van der Waals surface area contributed by atoms with E-state index in [9.17, 15) is 14.9 Å². The van der Waals surface area contributed by atoms with Crippen LogP contribution in [0.2, 0.25) is 0 Å². The summed E-state index contributed by atoms with van der Waals surface area (Å²) in [6, 6.07) is 6.39. The molecule has 2 heterocycles. The minimum absolute atomic E-state index is 0.00263. The van der Waals surface area contributed by atoms with Crippen molar-refractivity contribution in [3.05, 3.63) is 49.9 Å². The molecule has 0 radical (unpaired) electrons. The molecule has 8 nitrogen and oxygen atoms in total. The Labute approximate surface area is 175 Å². The van der Waals surface area contributed by atoms with Crippen LogP contribution in [0.5, 0.6) is 0 Å². The number of hydrogen-bond donors (Lipinski definition) is 0. The molecule has 10 heteroatoms. The number of aliphatic imine (C=N–C) groups is 1. The van der Waals surface area contributed by atoms with Crippen LogP contribution in [0.15, 0.2) is 34.2 Å². The van der Waals surface area contributed by atoms with Gasteiger partial charge in [0, 0.05) is 18.2 Å². The second-order valence-corrected chi connectivity index (χ2v) is 9.10. The number of nitrogens with zero attached hydrogens (tertiary/aromatic N) is 5. The molecule has 4 rings (SSSR count). The Morgan fingerprint density at radius 1 is 1.28 bits per heavy atom. The van der Waals surface area contributed by atoms with Gasteiger partial charge in [0.15, 0.2) is 5.17 Å². The van der Waals surface area contributed by atoms with E-state index >= 15 is 0 Å². The smallest absolute Gasteiger partial charge is 0.270 e. The summed E-state index contributed by atoms with van der Waals surface area (Å²) in [6.45, 7) is 1.86. The molecule has 1 aliphatic carbocycles. The minimum atomic E-state index is -0.440. The van der Waals surface area contributed by atoms with Gasteiger partial charge in [-0.15, -0.1) is 10.2 Å². The molecule has 1 aromatic heterocycles. The fraction of sp³-hybridized carbons (Fsp3) is 0.368. The van der Waals surface area contributed by atoms with Crippen molar-refractivity contribution >= 4 is 51.1 Å². The normalized spacial score (nSPS) is 20.7. The molecule has 1 aromatic carbocycles. The van der Waals surface area contributed by atoms with Crippen molar-refractivity contribution in [3.63, 3.8) is 0 Å². The number of thioether (sulfide) groups is 1. The number of amides is 1. The van der Waals surface area contributed by atoms with Crippen LogP contribution in [0.25, 0.3) is 6.08 Å². The Bertz CT molecular complexity index is 1010. The van der Waals surface area contributed by atoms with Crippen LogP contribution < -0.4 is 0 Å². The quantitative estimate of drug-likeness (QED) is 0.397. The first-order valence-corrected chi connectivity index (χ1v) is 11.0. The van der Waals surface area contributed by atoms with Crippen molar-refractivity contribution in [1.82, 2.24) is 15.1 Å². The molecule has 0 atom stereocenters. The topological polar surface area (TPSA) is 102 Å². The van der Waals surface area contributed by atoms with Gasteiger partial charge in [-0.1, -0.05) is 42.7 Å². The Balaban J connectivity index is 1.69. The van der Waals surface area contributed by atoms with Gasteiger partial charge >= 0.3 is 0 Å². The molecule has 2 aliphatic rings. The van der Waals surface area contributed by atoms with Gasteiger partial charge in [-0.05, 0) is 43.2 Å². The monoisotopic (exact) mass is 429 g/mol. The number of carbonyl (C=O) groups is 1. The molecule has 0 bridgehead atoms. The summed E-state index contributed by atoms with van der Waals surface area (Å²) >= 11 is 2.67. The molecule has 0 spiro atoms. The summed E-state index contributed by atoms with van der Waals surface area (Å²) in [4.78, 5) is 30.7. The number of aromatic nitrogens is 2. The van der Waals surface area contributed by atoms with Crippen molar-refractivity contribution in [2.24, 2.45) is 4.99 Å². The summed E-state index contributed by atoms with van der Waals surface area (Å²) in [5.41, 5.74) is 0.615. The first-order chi connectivity index (χ1) is 14.0. The summed E-state index contributed by atoms with van der Waals surface area (Å²) in [5, 5.41) is 21.0. The van der Waals surface area contributed by atoms with Crippen molar-refractivity contribution in [2.45, 2.75) is 45.1 Å². The fourth-order valence-corrected chi connectivity index (χ4v) is 5.18. The minimum Gasteiger partial charge on any atom is -0.283 e. The van der Waals surface area contributed by atoms with E-state index in [0.717, 1.165) is 30.7 Å². The number of aryl methyl sites for hydroxylation is 1. The average Bonchev–Trinajstić information content (AvgIpc) is 3.25. The molecular formula is C19H19N5O3S2. The fourth-order valence-electron chi connectivity index (χ4n) is 3.52. The molecule has 0 N–H and O–H groups in total. The van der Waals surface area contributed by atoms with Crippen LogP contribution in [0, 0.1) is 17.0 Å². The molecule has 1 saturated carbocycles. The summed E-state index contributed by atoms with van der Waals surface area (Å²) in [6.07, 6.45) is 6.96. The van der Waals surface area contributed by atoms with E-state index in [4.69, 9.17) is 0 Å². The van der Waals surface area contributed by atoms with E-state index in [0.29, 0.717) is 20.8 Å².